The minimum absolute atomic E-state index is 0.0549. The van der Waals surface area contributed by atoms with E-state index in [0.717, 1.165) is 10.5 Å². The minimum Gasteiger partial charge on any atom is -0.493 e. The fourth-order valence-electron chi connectivity index (χ4n) is 2.81. The zero-order chi connectivity index (χ0) is 18.6. The molecule has 8 heteroatoms. The molecule has 0 bridgehead atoms. The van der Waals surface area contributed by atoms with Crippen LogP contribution in [0, 0.1) is 0 Å². The molecule has 1 atom stereocenters. The first kappa shape index (κ1) is 18.6. The van der Waals surface area contributed by atoms with Crippen LogP contribution in [0.1, 0.15) is 12.0 Å². The molecule has 1 saturated heterocycles. The molecular formula is C17H23N3O5. The summed E-state index contributed by atoms with van der Waals surface area (Å²) in [4.78, 5) is 38.1. The largest absolute Gasteiger partial charge is 0.493 e. The zero-order valence-corrected chi connectivity index (χ0v) is 14.9. The van der Waals surface area contributed by atoms with Crippen LogP contribution in [-0.2, 0) is 16.0 Å². The molecular weight excluding hydrogens is 326 g/mol. The van der Waals surface area contributed by atoms with Crippen LogP contribution in [0.2, 0.25) is 0 Å². The van der Waals surface area contributed by atoms with Gasteiger partial charge in [0.15, 0.2) is 11.5 Å². The average molecular weight is 349 g/mol. The summed E-state index contributed by atoms with van der Waals surface area (Å²) in [6.07, 6.45) is 0.500. The van der Waals surface area contributed by atoms with E-state index < -0.39 is 12.1 Å². The number of para-hydroxylation sites is 1. The van der Waals surface area contributed by atoms with Crippen LogP contribution in [0.3, 0.4) is 0 Å². The Morgan fingerprint density at radius 3 is 2.48 bits per heavy atom. The Bertz CT molecular complexity index is 676. The molecule has 1 fully saturated rings. The van der Waals surface area contributed by atoms with Gasteiger partial charge in [-0.3, -0.25) is 14.5 Å². The third-order valence-corrected chi connectivity index (χ3v) is 4.25. The summed E-state index contributed by atoms with van der Waals surface area (Å²) < 4.78 is 10.6. The Morgan fingerprint density at radius 2 is 1.92 bits per heavy atom. The van der Waals surface area contributed by atoms with Crippen molar-refractivity contribution in [2.45, 2.75) is 18.9 Å². The van der Waals surface area contributed by atoms with E-state index in [0.29, 0.717) is 24.5 Å². The van der Waals surface area contributed by atoms with Crippen molar-refractivity contribution in [2.75, 3.05) is 34.9 Å². The van der Waals surface area contributed by atoms with Gasteiger partial charge in [-0.15, -0.1) is 0 Å². The number of hydrogen-bond donors (Lipinski definition) is 1. The van der Waals surface area contributed by atoms with Crippen molar-refractivity contribution < 1.29 is 23.9 Å². The van der Waals surface area contributed by atoms with Gasteiger partial charge in [-0.1, -0.05) is 12.1 Å². The molecule has 1 heterocycles. The number of ether oxygens (including phenoxy) is 2. The summed E-state index contributed by atoms with van der Waals surface area (Å²) in [6.45, 7) is 0.386. The molecule has 0 aromatic heterocycles. The maximum Gasteiger partial charge on any atom is 0.326 e. The van der Waals surface area contributed by atoms with Gasteiger partial charge in [0.05, 0.1) is 20.6 Å². The summed E-state index contributed by atoms with van der Waals surface area (Å²) in [6, 6.07) is 4.41. The number of amides is 4. The molecule has 1 unspecified atom stereocenters. The Kier molecular flexibility index (Phi) is 5.84. The van der Waals surface area contributed by atoms with Gasteiger partial charge in [0.1, 0.15) is 6.04 Å². The summed E-state index contributed by atoms with van der Waals surface area (Å²) in [7, 11) is 6.06. The number of methoxy groups -OCH3 is 2. The lowest BCUT2D eigenvalue weighted by atomic mass is 10.1. The number of carbonyl (C=O) groups is 3. The average Bonchev–Trinajstić information content (AvgIpc) is 2.79. The smallest absolute Gasteiger partial charge is 0.326 e. The first-order chi connectivity index (χ1) is 11.9. The monoisotopic (exact) mass is 349 g/mol. The van der Waals surface area contributed by atoms with Crippen molar-refractivity contribution >= 4 is 17.8 Å². The molecule has 8 nitrogen and oxygen atoms in total. The van der Waals surface area contributed by atoms with E-state index in [1.807, 2.05) is 12.1 Å². The molecule has 0 radical (unpaired) electrons. The highest BCUT2D eigenvalue weighted by molar-refractivity contribution is 6.05. The predicted molar refractivity (Wildman–Crippen MR) is 90.6 cm³/mol. The number of hydrogen-bond acceptors (Lipinski definition) is 5. The number of urea groups is 1. The summed E-state index contributed by atoms with van der Waals surface area (Å²) in [5.74, 6) is 0.621. The molecule has 1 N–H and O–H groups in total. The van der Waals surface area contributed by atoms with Crippen molar-refractivity contribution in [1.29, 1.82) is 0 Å². The Hall–Kier alpha value is -2.77. The quantitative estimate of drug-likeness (QED) is 0.730. The summed E-state index contributed by atoms with van der Waals surface area (Å²) in [5, 5.41) is 2.77. The molecule has 1 aliphatic heterocycles. The number of nitrogens with zero attached hydrogens (tertiary/aromatic N) is 2. The number of carbonyl (C=O) groups excluding carboxylic acids is 3. The highest BCUT2D eigenvalue weighted by atomic mass is 16.5. The topological polar surface area (TPSA) is 88.2 Å². The second-order valence-corrected chi connectivity index (χ2v) is 5.76. The van der Waals surface area contributed by atoms with Crippen LogP contribution in [0.25, 0.3) is 0 Å². The van der Waals surface area contributed by atoms with Gasteiger partial charge in [0, 0.05) is 20.6 Å². The van der Waals surface area contributed by atoms with Crippen LogP contribution < -0.4 is 14.8 Å². The van der Waals surface area contributed by atoms with E-state index in [2.05, 4.69) is 5.32 Å². The highest BCUT2D eigenvalue weighted by Crippen LogP contribution is 2.30. The number of imide groups is 1. The molecule has 4 amide bonds. The lowest BCUT2D eigenvalue weighted by molar-refractivity contribution is -0.131. The van der Waals surface area contributed by atoms with Gasteiger partial charge >= 0.3 is 6.03 Å². The van der Waals surface area contributed by atoms with E-state index in [9.17, 15) is 14.4 Å². The molecule has 0 aliphatic carbocycles. The fraction of sp³-hybridized carbons (Fsp3) is 0.471. The van der Waals surface area contributed by atoms with E-state index in [1.54, 1.807) is 20.3 Å². The van der Waals surface area contributed by atoms with E-state index >= 15 is 0 Å². The third kappa shape index (κ3) is 3.84. The predicted octanol–water partition coefficient (Wildman–Crippen LogP) is 0.645. The van der Waals surface area contributed by atoms with Gasteiger partial charge in [0.25, 0.3) is 5.91 Å². The maximum atomic E-state index is 12.1. The second kappa shape index (κ2) is 7.87. The standard InChI is InChI=1S/C17H23N3O5/c1-19-12(16(22)20(2)17(19)23)10-14(21)18-9-8-11-6-5-7-13(24-3)15(11)25-4/h5-7,12H,8-10H2,1-4H3,(H,18,21). The van der Waals surface area contributed by atoms with E-state index in [4.69, 9.17) is 9.47 Å². The summed E-state index contributed by atoms with van der Waals surface area (Å²) in [5.41, 5.74) is 0.908. The molecule has 2 rings (SSSR count). The van der Waals surface area contributed by atoms with Gasteiger partial charge < -0.3 is 19.7 Å². The van der Waals surface area contributed by atoms with Crippen LogP contribution in [-0.4, -0.2) is 68.5 Å². The van der Waals surface area contributed by atoms with Crippen LogP contribution in [0.15, 0.2) is 18.2 Å². The lowest BCUT2D eigenvalue weighted by Crippen LogP contribution is -2.37. The Labute approximate surface area is 146 Å². The maximum absolute atomic E-state index is 12.1. The normalized spacial score (nSPS) is 17.0. The van der Waals surface area contributed by atoms with Gasteiger partial charge in [-0.05, 0) is 18.1 Å². The molecule has 0 spiro atoms. The van der Waals surface area contributed by atoms with Gasteiger partial charge in [-0.25, -0.2) is 4.79 Å². The summed E-state index contributed by atoms with van der Waals surface area (Å²) >= 11 is 0. The number of nitrogens with one attached hydrogen (secondary N) is 1. The van der Waals surface area contributed by atoms with Crippen LogP contribution in [0.4, 0.5) is 4.79 Å². The molecule has 25 heavy (non-hydrogen) atoms. The van der Waals surface area contributed by atoms with Gasteiger partial charge in [-0.2, -0.15) is 0 Å². The second-order valence-electron chi connectivity index (χ2n) is 5.76. The lowest BCUT2D eigenvalue weighted by Gasteiger charge is -2.16. The fourth-order valence-corrected chi connectivity index (χ4v) is 2.81. The van der Waals surface area contributed by atoms with Gasteiger partial charge in [0.2, 0.25) is 5.91 Å². The van der Waals surface area contributed by atoms with E-state index in [1.165, 1.54) is 19.0 Å². The Balaban J connectivity index is 1.89. The SMILES string of the molecule is COc1cccc(CCNC(=O)CC2C(=O)N(C)C(=O)N2C)c1OC. The van der Waals surface area contributed by atoms with Crippen molar-refractivity contribution in [3.05, 3.63) is 23.8 Å². The molecule has 1 aromatic carbocycles. The number of benzene rings is 1. The highest BCUT2D eigenvalue weighted by Gasteiger charge is 2.41. The van der Waals surface area contributed by atoms with Crippen molar-refractivity contribution in [3.8, 4) is 11.5 Å². The first-order valence-electron chi connectivity index (χ1n) is 7.91. The third-order valence-electron chi connectivity index (χ3n) is 4.25. The van der Waals surface area contributed by atoms with Crippen LogP contribution in [0.5, 0.6) is 11.5 Å². The molecule has 1 aliphatic rings. The molecule has 136 valence electrons. The minimum atomic E-state index is -0.746. The van der Waals surface area contributed by atoms with Crippen molar-refractivity contribution in [2.24, 2.45) is 0 Å². The first-order valence-corrected chi connectivity index (χ1v) is 7.91. The van der Waals surface area contributed by atoms with Crippen molar-refractivity contribution in [1.82, 2.24) is 15.1 Å². The van der Waals surface area contributed by atoms with Crippen LogP contribution >= 0.6 is 0 Å². The molecule has 1 aromatic rings. The number of likely N-dealkylation sites (N-methyl/N-ethyl adjacent to an activating group) is 2. The molecule has 0 saturated carbocycles. The zero-order valence-electron chi connectivity index (χ0n) is 14.9. The Morgan fingerprint density at radius 1 is 1.20 bits per heavy atom. The number of rotatable bonds is 7. The van der Waals surface area contributed by atoms with Crippen molar-refractivity contribution in [3.63, 3.8) is 0 Å². The van der Waals surface area contributed by atoms with E-state index in [-0.39, 0.29) is 18.2 Å².